The first kappa shape index (κ1) is 14.5. The van der Waals surface area contributed by atoms with E-state index in [9.17, 15) is 9.59 Å². The Kier molecular flexibility index (Phi) is 4.24. The Morgan fingerprint density at radius 3 is 2.71 bits per heavy atom. The largest absolute Gasteiger partial charge is 0.372 e. The summed E-state index contributed by atoms with van der Waals surface area (Å²) in [6.45, 7) is 1.53. The summed E-state index contributed by atoms with van der Waals surface area (Å²) in [6, 6.07) is 6.42. The van der Waals surface area contributed by atoms with Gasteiger partial charge in [0.05, 0.1) is 12.1 Å². The molecule has 0 bridgehead atoms. The van der Waals surface area contributed by atoms with E-state index in [0.29, 0.717) is 10.7 Å². The third kappa shape index (κ3) is 3.10. The summed E-state index contributed by atoms with van der Waals surface area (Å²) in [5, 5.41) is 2.52. The summed E-state index contributed by atoms with van der Waals surface area (Å²) >= 11 is 5.83. The molecule has 3 rings (SSSR count). The molecule has 2 aliphatic heterocycles. The van der Waals surface area contributed by atoms with Crippen LogP contribution < -0.4 is 10.2 Å². The van der Waals surface area contributed by atoms with Crippen LogP contribution in [0.15, 0.2) is 24.3 Å². The second-order valence-corrected chi connectivity index (χ2v) is 5.90. The van der Waals surface area contributed by atoms with Gasteiger partial charge in [0.1, 0.15) is 12.6 Å². The third-order valence-electron chi connectivity index (χ3n) is 3.97. The van der Waals surface area contributed by atoms with E-state index in [1.54, 1.807) is 24.3 Å². The lowest BCUT2D eigenvalue weighted by molar-refractivity contribution is -0.680. The quantitative estimate of drug-likeness (QED) is 0.833. The molecule has 0 saturated carbocycles. The number of carbonyl (C=O) groups is 2. The molecule has 1 aromatic carbocycles. The van der Waals surface area contributed by atoms with Crippen molar-refractivity contribution in [1.82, 2.24) is 0 Å². The van der Waals surface area contributed by atoms with Gasteiger partial charge in [-0.15, -0.1) is 0 Å². The molecule has 2 amide bonds. The lowest BCUT2D eigenvalue weighted by atomic mass is 10.2. The van der Waals surface area contributed by atoms with E-state index in [-0.39, 0.29) is 30.4 Å². The van der Waals surface area contributed by atoms with Crippen LogP contribution in [0.5, 0.6) is 0 Å². The summed E-state index contributed by atoms with van der Waals surface area (Å²) in [5.41, 5.74) is 0.586. The van der Waals surface area contributed by atoms with Crippen LogP contribution in [0, 0.1) is 0 Å². The Labute approximate surface area is 128 Å². The highest BCUT2D eigenvalue weighted by Crippen LogP contribution is 2.23. The Morgan fingerprint density at radius 1 is 1.29 bits per heavy atom. The molecular weight excluding hydrogens is 292 g/mol. The van der Waals surface area contributed by atoms with Gasteiger partial charge in [0, 0.05) is 11.6 Å². The minimum atomic E-state index is -0.336. The van der Waals surface area contributed by atoms with Crippen LogP contribution in [0.25, 0.3) is 0 Å². The number of ether oxygens (including phenoxy) is 1. The summed E-state index contributed by atoms with van der Waals surface area (Å²) in [7, 11) is 0. The number of carbonyl (C=O) groups excluding carboxylic acids is 2. The molecular formula is C15H18ClN2O3+. The molecule has 2 N–H and O–H groups in total. The Morgan fingerprint density at radius 2 is 2.05 bits per heavy atom. The minimum absolute atomic E-state index is 0.152. The van der Waals surface area contributed by atoms with Crippen LogP contribution >= 0.6 is 11.6 Å². The number of nitrogens with two attached hydrogens (primary N) is 1. The normalized spacial score (nSPS) is 25.9. The zero-order valence-electron chi connectivity index (χ0n) is 11.6. The molecule has 5 nitrogen and oxygen atoms in total. The highest BCUT2D eigenvalue weighted by Gasteiger charge is 2.42. The van der Waals surface area contributed by atoms with Gasteiger partial charge in [-0.3, -0.25) is 9.59 Å². The number of hydrogen-bond acceptors (Lipinski definition) is 3. The first-order valence-electron chi connectivity index (χ1n) is 7.22. The van der Waals surface area contributed by atoms with Gasteiger partial charge in [-0.2, -0.15) is 0 Å². The minimum Gasteiger partial charge on any atom is -0.372 e. The summed E-state index contributed by atoms with van der Waals surface area (Å²) < 4.78 is 5.54. The predicted molar refractivity (Wildman–Crippen MR) is 78.1 cm³/mol. The molecule has 2 aliphatic rings. The number of anilines is 1. The highest BCUT2D eigenvalue weighted by molar-refractivity contribution is 6.30. The maximum Gasteiger partial charge on any atom is 0.292 e. The van der Waals surface area contributed by atoms with Crippen molar-refractivity contribution in [2.45, 2.75) is 31.4 Å². The summed E-state index contributed by atoms with van der Waals surface area (Å²) in [5.74, 6) is -0.309. The van der Waals surface area contributed by atoms with Gasteiger partial charge in [0.15, 0.2) is 6.04 Å². The van der Waals surface area contributed by atoms with E-state index in [4.69, 9.17) is 16.3 Å². The molecule has 6 heteroatoms. The van der Waals surface area contributed by atoms with E-state index in [0.717, 1.165) is 26.0 Å². The fourth-order valence-corrected chi connectivity index (χ4v) is 2.97. The zero-order valence-corrected chi connectivity index (χ0v) is 12.4. The second kappa shape index (κ2) is 6.13. The molecule has 2 atom stereocenters. The molecule has 1 aromatic rings. The number of halogens is 1. The van der Waals surface area contributed by atoms with E-state index in [1.165, 1.54) is 4.90 Å². The zero-order chi connectivity index (χ0) is 14.8. The lowest BCUT2D eigenvalue weighted by Crippen LogP contribution is -2.93. The highest BCUT2D eigenvalue weighted by atomic mass is 35.5. The van der Waals surface area contributed by atoms with Crippen LogP contribution in [-0.2, 0) is 14.3 Å². The second-order valence-electron chi connectivity index (χ2n) is 5.46. The van der Waals surface area contributed by atoms with E-state index >= 15 is 0 Å². The topological polar surface area (TPSA) is 63.2 Å². The van der Waals surface area contributed by atoms with Crippen LogP contribution in [0.4, 0.5) is 5.69 Å². The maximum atomic E-state index is 12.4. The van der Waals surface area contributed by atoms with Crippen molar-refractivity contribution >= 4 is 29.1 Å². The first-order valence-corrected chi connectivity index (χ1v) is 7.60. The van der Waals surface area contributed by atoms with Gasteiger partial charge in [-0.1, -0.05) is 11.6 Å². The van der Waals surface area contributed by atoms with Gasteiger partial charge in [0.25, 0.3) is 5.91 Å². The molecule has 0 radical (unpaired) electrons. The number of benzene rings is 1. The van der Waals surface area contributed by atoms with Crippen molar-refractivity contribution in [3.8, 4) is 0 Å². The summed E-state index contributed by atoms with van der Waals surface area (Å²) in [6.07, 6.45) is 2.56. The van der Waals surface area contributed by atoms with E-state index < -0.39 is 0 Å². The molecule has 0 unspecified atom stereocenters. The van der Waals surface area contributed by atoms with Crippen molar-refractivity contribution in [3.63, 3.8) is 0 Å². The number of quaternary nitrogens is 1. The van der Waals surface area contributed by atoms with E-state index in [2.05, 4.69) is 0 Å². The standard InChI is InChI=1S/C15H17ClN2O3/c16-10-3-5-11(6-4-10)18-14(19)8-13(15(18)20)17-9-12-2-1-7-21-12/h3-6,12-13,17H,1-2,7-9H2/p+1/t12-,13+/m1/s1. The Bertz CT molecular complexity index is 540. The fourth-order valence-electron chi connectivity index (χ4n) is 2.85. The van der Waals surface area contributed by atoms with Gasteiger partial charge >= 0.3 is 0 Å². The predicted octanol–water partition coefficient (Wildman–Crippen LogP) is 0.714. The van der Waals surface area contributed by atoms with E-state index in [1.807, 2.05) is 5.32 Å². The number of hydrogen-bond donors (Lipinski definition) is 1. The average molecular weight is 310 g/mol. The molecule has 0 aromatic heterocycles. The molecule has 2 heterocycles. The molecule has 112 valence electrons. The van der Waals surface area contributed by atoms with Gasteiger partial charge in [-0.05, 0) is 37.1 Å². The monoisotopic (exact) mass is 309 g/mol. The number of imide groups is 1. The summed E-state index contributed by atoms with van der Waals surface area (Å²) in [4.78, 5) is 25.8. The van der Waals surface area contributed by atoms with Crippen molar-refractivity contribution < 1.29 is 19.6 Å². The first-order chi connectivity index (χ1) is 10.1. The fraction of sp³-hybridized carbons (Fsp3) is 0.467. The Hall–Kier alpha value is -1.43. The number of amides is 2. The molecule has 2 fully saturated rings. The van der Waals surface area contributed by atoms with Crippen molar-refractivity contribution in [2.75, 3.05) is 18.1 Å². The lowest BCUT2D eigenvalue weighted by Gasteiger charge is -2.15. The van der Waals surface area contributed by atoms with Crippen LogP contribution in [-0.4, -0.2) is 37.1 Å². The van der Waals surface area contributed by atoms with Gasteiger partial charge in [0.2, 0.25) is 5.91 Å². The smallest absolute Gasteiger partial charge is 0.292 e. The van der Waals surface area contributed by atoms with Gasteiger partial charge in [-0.25, -0.2) is 4.90 Å². The third-order valence-corrected chi connectivity index (χ3v) is 4.23. The average Bonchev–Trinajstić information content (AvgIpc) is 3.07. The van der Waals surface area contributed by atoms with Crippen LogP contribution in [0.3, 0.4) is 0 Å². The molecule has 0 aliphatic carbocycles. The molecule has 21 heavy (non-hydrogen) atoms. The van der Waals surface area contributed by atoms with Crippen LogP contribution in [0.2, 0.25) is 5.02 Å². The SMILES string of the molecule is O=C1C[C@H]([NH2+]C[C@H]2CCCO2)C(=O)N1c1ccc(Cl)cc1. The van der Waals surface area contributed by atoms with Crippen LogP contribution in [0.1, 0.15) is 19.3 Å². The molecule has 2 saturated heterocycles. The van der Waals surface area contributed by atoms with Crippen molar-refractivity contribution in [2.24, 2.45) is 0 Å². The Balaban J connectivity index is 1.65. The number of rotatable bonds is 4. The van der Waals surface area contributed by atoms with Gasteiger partial charge < -0.3 is 10.1 Å². The van der Waals surface area contributed by atoms with Crippen molar-refractivity contribution in [3.05, 3.63) is 29.3 Å². The van der Waals surface area contributed by atoms with Crippen molar-refractivity contribution in [1.29, 1.82) is 0 Å². The number of nitrogens with zero attached hydrogens (tertiary/aromatic N) is 1. The molecule has 0 spiro atoms. The maximum absolute atomic E-state index is 12.4.